The van der Waals surface area contributed by atoms with Gasteiger partial charge in [-0.1, -0.05) is 53.7 Å². The van der Waals surface area contributed by atoms with Crippen LogP contribution < -0.4 is 5.32 Å². The van der Waals surface area contributed by atoms with E-state index >= 15 is 0 Å². The van der Waals surface area contributed by atoms with E-state index in [9.17, 15) is 19.5 Å². The minimum absolute atomic E-state index is 0.109. The van der Waals surface area contributed by atoms with Crippen molar-refractivity contribution in [1.29, 1.82) is 0 Å². The first kappa shape index (κ1) is 41.3. The summed E-state index contributed by atoms with van der Waals surface area (Å²) in [5.74, 6) is 2.82. The Balaban J connectivity index is 1.08. The van der Waals surface area contributed by atoms with Crippen molar-refractivity contribution in [3.63, 3.8) is 0 Å². The van der Waals surface area contributed by atoms with E-state index < -0.39 is 11.4 Å². The number of nitrogens with zero attached hydrogens (tertiary/aromatic N) is 1. The molecule has 0 aromatic heterocycles. The number of fused-ring (bicyclic) bond motifs is 7. The molecule has 7 fully saturated rings. The van der Waals surface area contributed by atoms with E-state index in [1.807, 2.05) is 0 Å². The highest BCUT2D eigenvalue weighted by Crippen LogP contribution is 2.77. The lowest BCUT2D eigenvalue weighted by molar-refractivity contribution is -0.249. The number of allylic oxidation sites excluding steroid dienone is 1. The zero-order valence-corrected chi connectivity index (χ0v) is 36.4. The molecule has 1 saturated heterocycles. The van der Waals surface area contributed by atoms with Gasteiger partial charge in [-0.2, -0.15) is 0 Å². The fourth-order valence-electron chi connectivity index (χ4n) is 15.9. The maximum Gasteiger partial charge on any atom is 0.309 e. The Kier molecular flexibility index (Phi) is 10.8. The van der Waals surface area contributed by atoms with Gasteiger partial charge < -0.3 is 20.1 Å². The molecule has 2 N–H and O–H groups in total. The molecule has 1 aliphatic heterocycles. The summed E-state index contributed by atoms with van der Waals surface area (Å²) in [5, 5.41) is 13.4. The van der Waals surface area contributed by atoms with Crippen molar-refractivity contribution in [3.05, 3.63) is 12.2 Å². The zero-order chi connectivity index (χ0) is 39.9. The van der Waals surface area contributed by atoms with Crippen LogP contribution >= 0.6 is 0 Å². The third-order valence-electron chi connectivity index (χ3n) is 19.0. The number of likely N-dealkylation sites (tertiary alicyclic amines) is 1. The number of carboxylic acid groups (broad SMARTS) is 1. The Morgan fingerprint density at radius 2 is 1.62 bits per heavy atom. The molecule has 7 rings (SSSR count). The molecule has 0 bridgehead atoms. The van der Waals surface area contributed by atoms with Crippen molar-refractivity contribution in [3.8, 4) is 0 Å². The van der Waals surface area contributed by atoms with E-state index in [1.54, 1.807) is 13.8 Å². The second kappa shape index (κ2) is 14.4. The lowest BCUT2D eigenvalue weighted by atomic mass is 9.32. The van der Waals surface area contributed by atoms with Gasteiger partial charge in [-0.05, 0) is 181 Å². The number of carbonyl (C=O) groups is 3. The zero-order valence-electron chi connectivity index (χ0n) is 36.4. The molecule has 0 radical (unpaired) electrons. The Morgan fingerprint density at radius 3 is 2.31 bits per heavy atom. The van der Waals surface area contributed by atoms with E-state index in [-0.39, 0.29) is 45.6 Å². The van der Waals surface area contributed by atoms with Gasteiger partial charge in [-0.25, -0.2) is 0 Å². The van der Waals surface area contributed by atoms with Crippen molar-refractivity contribution in [2.75, 3.05) is 19.6 Å². The highest BCUT2D eigenvalue weighted by molar-refractivity contribution is 5.84. The van der Waals surface area contributed by atoms with Gasteiger partial charge in [0.1, 0.15) is 6.10 Å². The van der Waals surface area contributed by atoms with Crippen LogP contribution in [0.1, 0.15) is 165 Å². The van der Waals surface area contributed by atoms with Crippen LogP contribution in [0.3, 0.4) is 0 Å². The first-order valence-corrected chi connectivity index (χ1v) is 22.8. The van der Waals surface area contributed by atoms with Crippen molar-refractivity contribution in [2.24, 2.45) is 73.9 Å². The molecular formula is C48H78N2O5. The molecule has 1 heterocycles. The number of carboxylic acids is 1. The third kappa shape index (κ3) is 6.76. The topological polar surface area (TPSA) is 95.9 Å². The first-order valence-electron chi connectivity index (χ1n) is 22.8. The van der Waals surface area contributed by atoms with Gasteiger partial charge in [0.15, 0.2) is 0 Å². The largest absolute Gasteiger partial charge is 0.481 e. The lowest BCUT2D eigenvalue weighted by Gasteiger charge is -2.72. The molecular weight excluding hydrogens is 685 g/mol. The van der Waals surface area contributed by atoms with Crippen LogP contribution in [0, 0.1) is 73.9 Å². The van der Waals surface area contributed by atoms with Crippen LogP contribution in [0.15, 0.2) is 12.2 Å². The predicted octanol–water partition coefficient (Wildman–Crippen LogP) is 10.1. The molecule has 0 aromatic carbocycles. The van der Waals surface area contributed by atoms with E-state index in [0.717, 1.165) is 63.7 Å². The number of esters is 1. The van der Waals surface area contributed by atoms with Crippen LogP contribution in [-0.4, -0.2) is 59.6 Å². The van der Waals surface area contributed by atoms with Gasteiger partial charge >= 0.3 is 11.9 Å². The predicted molar refractivity (Wildman–Crippen MR) is 219 cm³/mol. The van der Waals surface area contributed by atoms with Gasteiger partial charge in [0.2, 0.25) is 5.91 Å². The van der Waals surface area contributed by atoms with Gasteiger partial charge in [0, 0.05) is 24.5 Å². The Morgan fingerprint density at radius 1 is 0.873 bits per heavy atom. The summed E-state index contributed by atoms with van der Waals surface area (Å²) < 4.78 is 6.21. The summed E-state index contributed by atoms with van der Waals surface area (Å²) in [5.41, 5.74) is 0.114. The molecule has 6 aliphatic carbocycles. The number of nitrogens with one attached hydrogen (secondary N) is 1. The van der Waals surface area contributed by atoms with Crippen molar-refractivity contribution < 1.29 is 24.2 Å². The van der Waals surface area contributed by atoms with E-state index in [1.165, 1.54) is 63.7 Å². The quantitative estimate of drug-likeness (QED) is 0.179. The fourth-order valence-corrected chi connectivity index (χ4v) is 15.9. The summed E-state index contributed by atoms with van der Waals surface area (Å²) in [6.45, 7) is 28.6. The summed E-state index contributed by atoms with van der Waals surface area (Å²) in [6, 6.07) is 0.317. The average Bonchev–Trinajstić information content (AvgIpc) is 3.71. The smallest absolute Gasteiger partial charge is 0.309 e. The number of carbonyl (C=O) groups excluding carboxylic acids is 2. The second-order valence-corrected chi connectivity index (χ2v) is 22.9. The minimum atomic E-state index is -1.14. The van der Waals surface area contributed by atoms with Crippen LogP contribution in [-0.2, 0) is 19.1 Å². The molecule has 7 nitrogen and oxygen atoms in total. The van der Waals surface area contributed by atoms with Crippen LogP contribution in [0.25, 0.3) is 0 Å². The summed E-state index contributed by atoms with van der Waals surface area (Å²) in [7, 11) is 0. The van der Waals surface area contributed by atoms with Gasteiger partial charge in [-0.3, -0.25) is 14.4 Å². The number of hydrogen-bond donors (Lipinski definition) is 2. The van der Waals surface area contributed by atoms with Gasteiger partial charge in [0.25, 0.3) is 0 Å². The molecule has 0 spiro atoms. The fraction of sp³-hybridized carbons (Fsp3) is 0.896. The van der Waals surface area contributed by atoms with E-state index in [2.05, 4.69) is 65.3 Å². The van der Waals surface area contributed by atoms with Crippen molar-refractivity contribution in [1.82, 2.24) is 10.2 Å². The Hall–Kier alpha value is -1.89. The Labute approximate surface area is 334 Å². The molecule has 7 heteroatoms. The summed E-state index contributed by atoms with van der Waals surface area (Å²) in [4.78, 5) is 42.5. The molecule has 7 aliphatic rings. The first-order chi connectivity index (χ1) is 25.7. The van der Waals surface area contributed by atoms with Crippen LogP contribution in [0.2, 0.25) is 0 Å². The highest BCUT2D eigenvalue weighted by atomic mass is 16.5. The van der Waals surface area contributed by atoms with Crippen LogP contribution in [0.4, 0.5) is 0 Å². The molecule has 55 heavy (non-hydrogen) atoms. The van der Waals surface area contributed by atoms with Crippen molar-refractivity contribution >= 4 is 17.8 Å². The molecule has 0 aromatic rings. The summed E-state index contributed by atoms with van der Waals surface area (Å²) in [6.07, 6.45) is 16.7. The molecule has 1 amide bonds. The molecule has 5 unspecified atom stereocenters. The molecule has 13 atom stereocenters. The maximum atomic E-state index is 14.9. The van der Waals surface area contributed by atoms with Crippen LogP contribution in [0.5, 0.6) is 0 Å². The Bertz CT molecular complexity index is 1520. The summed E-state index contributed by atoms with van der Waals surface area (Å²) >= 11 is 0. The SMILES string of the molecule is C=C(C)[C@@H]1CC[C@]2(C(=O)NC3CCC(CN4CCCC(C)C4)C3)CC[C@]3(C)[C@H](CCC4[C@@]5(C)CCC(OC(=O)CC(C)(C)C(=O)O)C(C)(C)[C@@H]5CC[C@]43C)[C@@H]12. The van der Waals surface area contributed by atoms with Crippen molar-refractivity contribution in [2.45, 2.75) is 177 Å². The maximum absolute atomic E-state index is 14.9. The number of ether oxygens (including phenoxy) is 1. The average molecular weight is 763 g/mol. The molecule has 6 saturated carbocycles. The van der Waals surface area contributed by atoms with Gasteiger partial charge in [-0.15, -0.1) is 0 Å². The number of aliphatic carboxylic acids is 1. The van der Waals surface area contributed by atoms with E-state index in [4.69, 9.17) is 4.74 Å². The number of piperidine rings is 1. The number of amides is 1. The van der Waals surface area contributed by atoms with E-state index in [0.29, 0.717) is 47.5 Å². The van der Waals surface area contributed by atoms with Gasteiger partial charge in [0.05, 0.1) is 17.3 Å². The standard InChI is InChI=1S/C48H78N2O5/c1-30(2)34-17-22-48(41(52)49-33-14-13-32(26-33)29-50-25-11-12-31(3)28-50)24-23-46(9)35(40(34)48)15-16-37-45(8)20-19-38(55-39(51)27-43(4,5)42(53)54)44(6,7)36(45)18-21-47(37,46)10/h31-38,40H,1,11-29H2,2-10H3,(H,49,52)(H,53,54)/t31?,32?,33?,34-,35+,36-,37?,38?,40+,45-,46+,47+,48-/m0/s1. The number of hydrogen-bond acceptors (Lipinski definition) is 5. The minimum Gasteiger partial charge on any atom is -0.481 e. The molecule has 310 valence electrons. The second-order valence-electron chi connectivity index (χ2n) is 22.9. The monoisotopic (exact) mass is 763 g/mol. The normalized spacial score (nSPS) is 45.4. The third-order valence-corrected chi connectivity index (χ3v) is 19.0. The number of rotatable bonds is 9. The lowest BCUT2D eigenvalue weighted by Crippen LogP contribution is -2.67. The highest BCUT2D eigenvalue weighted by Gasteiger charge is 2.72.